The van der Waals surface area contributed by atoms with Crippen LogP contribution < -0.4 is 16.0 Å². The maximum absolute atomic E-state index is 12.1. The van der Waals surface area contributed by atoms with Crippen molar-refractivity contribution in [2.75, 3.05) is 25.0 Å². The summed E-state index contributed by atoms with van der Waals surface area (Å²) in [4.78, 5) is 24.1. The van der Waals surface area contributed by atoms with E-state index in [0.29, 0.717) is 23.0 Å². The second-order valence-electron chi connectivity index (χ2n) is 4.83. The molecule has 118 valence electrons. The molecule has 1 fully saturated rings. The zero-order valence-electron chi connectivity index (χ0n) is 11.6. The maximum Gasteiger partial charge on any atom is 0.291 e. The monoisotopic (exact) mass is 341 g/mol. The Bertz CT molecular complexity index is 638. The van der Waals surface area contributed by atoms with Gasteiger partial charge < -0.3 is 20.4 Å². The van der Waals surface area contributed by atoms with E-state index in [4.69, 9.17) is 4.42 Å². The smallest absolute Gasteiger partial charge is 0.291 e. The Kier molecular flexibility index (Phi) is 5.59. The SMILES string of the molecule is Cl.O=C(Nc1sccc1C(=O)NCC1CNC1)c1ccco1. The molecule has 0 bridgehead atoms. The standard InChI is InChI=1S/C14H15N3O3S.ClH/c18-12(16-8-9-6-15-7-9)10-3-5-21-14(10)17-13(19)11-2-1-4-20-11;/h1-5,9,15H,6-8H2,(H,16,18)(H,17,19);1H. The molecule has 2 aromatic heterocycles. The molecule has 1 aliphatic heterocycles. The second-order valence-corrected chi connectivity index (χ2v) is 5.75. The number of nitrogens with one attached hydrogen (secondary N) is 3. The van der Waals surface area contributed by atoms with Crippen LogP contribution in [0.3, 0.4) is 0 Å². The highest BCUT2D eigenvalue weighted by molar-refractivity contribution is 7.14. The minimum atomic E-state index is -0.361. The third kappa shape index (κ3) is 3.68. The van der Waals surface area contributed by atoms with Crippen LogP contribution in [0, 0.1) is 5.92 Å². The average Bonchev–Trinajstić information content (AvgIpc) is 3.07. The highest BCUT2D eigenvalue weighted by Crippen LogP contribution is 2.24. The number of hydrogen-bond acceptors (Lipinski definition) is 5. The molecular formula is C14H16ClN3O3S. The third-order valence-electron chi connectivity index (χ3n) is 3.30. The lowest BCUT2D eigenvalue weighted by Gasteiger charge is -2.27. The fourth-order valence-electron chi connectivity index (χ4n) is 1.98. The first-order chi connectivity index (χ1) is 10.2. The Morgan fingerprint density at radius 3 is 2.77 bits per heavy atom. The van der Waals surface area contributed by atoms with Crippen molar-refractivity contribution in [2.24, 2.45) is 5.92 Å². The first-order valence-electron chi connectivity index (χ1n) is 6.65. The van der Waals surface area contributed by atoms with Crippen LogP contribution in [-0.2, 0) is 0 Å². The Morgan fingerprint density at radius 1 is 1.32 bits per heavy atom. The van der Waals surface area contributed by atoms with Crippen LogP contribution in [0.4, 0.5) is 5.00 Å². The van der Waals surface area contributed by atoms with Crippen molar-refractivity contribution < 1.29 is 14.0 Å². The number of amides is 2. The lowest BCUT2D eigenvalue weighted by molar-refractivity contribution is 0.0943. The summed E-state index contributed by atoms with van der Waals surface area (Å²) in [5.41, 5.74) is 0.479. The van der Waals surface area contributed by atoms with Gasteiger partial charge in [-0.1, -0.05) is 0 Å². The molecule has 0 spiro atoms. The van der Waals surface area contributed by atoms with Gasteiger partial charge in [-0.25, -0.2) is 0 Å². The van der Waals surface area contributed by atoms with Crippen molar-refractivity contribution >= 4 is 40.6 Å². The van der Waals surface area contributed by atoms with Gasteiger partial charge in [0.2, 0.25) is 0 Å². The van der Waals surface area contributed by atoms with E-state index in [1.165, 1.54) is 17.6 Å². The summed E-state index contributed by atoms with van der Waals surface area (Å²) in [6, 6.07) is 4.92. The summed E-state index contributed by atoms with van der Waals surface area (Å²) in [5, 5.41) is 11.1. The summed E-state index contributed by atoms with van der Waals surface area (Å²) < 4.78 is 5.03. The largest absolute Gasteiger partial charge is 0.459 e. The Labute approximate surface area is 137 Å². The van der Waals surface area contributed by atoms with Crippen molar-refractivity contribution in [1.29, 1.82) is 0 Å². The molecule has 22 heavy (non-hydrogen) atoms. The van der Waals surface area contributed by atoms with Crippen LogP contribution in [0.15, 0.2) is 34.3 Å². The highest BCUT2D eigenvalue weighted by atomic mass is 35.5. The van der Waals surface area contributed by atoms with E-state index in [0.717, 1.165) is 13.1 Å². The number of furan rings is 1. The zero-order valence-corrected chi connectivity index (χ0v) is 13.3. The summed E-state index contributed by atoms with van der Waals surface area (Å²) >= 11 is 1.31. The van der Waals surface area contributed by atoms with Gasteiger partial charge in [0.25, 0.3) is 11.8 Å². The van der Waals surface area contributed by atoms with Crippen LogP contribution in [0.25, 0.3) is 0 Å². The van der Waals surface area contributed by atoms with Crippen LogP contribution in [0.5, 0.6) is 0 Å². The fraction of sp³-hybridized carbons (Fsp3) is 0.286. The number of carbonyl (C=O) groups excluding carboxylic acids is 2. The van der Waals surface area contributed by atoms with Crippen molar-refractivity contribution in [3.8, 4) is 0 Å². The normalized spacial score (nSPS) is 13.8. The van der Waals surface area contributed by atoms with E-state index in [-0.39, 0.29) is 30.0 Å². The molecule has 1 saturated heterocycles. The molecule has 6 nitrogen and oxygen atoms in total. The van der Waals surface area contributed by atoms with Gasteiger partial charge in [0.05, 0.1) is 11.8 Å². The first-order valence-corrected chi connectivity index (χ1v) is 7.53. The van der Waals surface area contributed by atoms with Gasteiger partial charge in [-0.15, -0.1) is 23.7 Å². The number of carbonyl (C=O) groups is 2. The van der Waals surface area contributed by atoms with E-state index in [9.17, 15) is 9.59 Å². The van der Waals surface area contributed by atoms with E-state index in [2.05, 4.69) is 16.0 Å². The molecule has 8 heteroatoms. The molecule has 0 saturated carbocycles. The average molecular weight is 342 g/mol. The molecule has 1 aliphatic rings. The molecule has 2 aromatic rings. The molecule has 0 aromatic carbocycles. The molecule has 3 heterocycles. The van der Waals surface area contributed by atoms with Crippen molar-refractivity contribution in [1.82, 2.24) is 10.6 Å². The number of thiophene rings is 1. The predicted molar refractivity (Wildman–Crippen MR) is 86.9 cm³/mol. The molecule has 0 aliphatic carbocycles. The van der Waals surface area contributed by atoms with E-state index in [1.807, 2.05) is 0 Å². The van der Waals surface area contributed by atoms with Crippen LogP contribution in [-0.4, -0.2) is 31.4 Å². The predicted octanol–water partition coefficient (Wildman–Crippen LogP) is 1.96. The molecular weight excluding hydrogens is 326 g/mol. The summed E-state index contributed by atoms with van der Waals surface area (Å²) in [5.74, 6) is 0.182. The molecule has 0 unspecified atom stereocenters. The summed E-state index contributed by atoms with van der Waals surface area (Å²) in [6.45, 7) is 2.52. The molecule has 0 atom stereocenters. The number of rotatable bonds is 5. The van der Waals surface area contributed by atoms with Gasteiger partial charge in [0, 0.05) is 25.6 Å². The second kappa shape index (κ2) is 7.44. The van der Waals surface area contributed by atoms with Gasteiger partial charge in [0.15, 0.2) is 5.76 Å². The van der Waals surface area contributed by atoms with E-state index < -0.39 is 0 Å². The lowest BCUT2D eigenvalue weighted by atomic mass is 10.0. The quantitative estimate of drug-likeness (QED) is 0.776. The van der Waals surface area contributed by atoms with E-state index in [1.54, 1.807) is 23.6 Å². The molecule has 0 radical (unpaired) electrons. The van der Waals surface area contributed by atoms with Gasteiger partial charge in [0.1, 0.15) is 5.00 Å². The summed E-state index contributed by atoms with van der Waals surface area (Å²) in [7, 11) is 0. The Balaban J connectivity index is 0.00000176. The van der Waals surface area contributed by atoms with Crippen LogP contribution >= 0.6 is 23.7 Å². The minimum Gasteiger partial charge on any atom is -0.459 e. The number of hydrogen-bond donors (Lipinski definition) is 3. The number of halogens is 1. The van der Waals surface area contributed by atoms with E-state index >= 15 is 0 Å². The molecule has 2 amide bonds. The number of anilines is 1. The van der Waals surface area contributed by atoms with Crippen molar-refractivity contribution in [2.45, 2.75) is 0 Å². The van der Waals surface area contributed by atoms with Gasteiger partial charge in [-0.3, -0.25) is 9.59 Å². The maximum atomic E-state index is 12.1. The van der Waals surface area contributed by atoms with Crippen molar-refractivity contribution in [3.05, 3.63) is 41.2 Å². The van der Waals surface area contributed by atoms with Gasteiger partial charge in [-0.05, 0) is 23.6 Å². The fourth-order valence-corrected chi connectivity index (χ4v) is 2.76. The van der Waals surface area contributed by atoms with Gasteiger partial charge >= 0.3 is 0 Å². The Morgan fingerprint density at radius 2 is 2.14 bits per heavy atom. The lowest BCUT2D eigenvalue weighted by Crippen LogP contribution is -2.48. The zero-order chi connectivity index (χ0) is 14.7. The summed E-state index contributed by atoms with van der Waals surface area (Å²) in [6.07, 6.45) is 1.43. The minimum absolute atomic E-state index is 0. The van der Waals surface area contributed by atoms with Gasteiger partial charge in [-0.2, -0.15) is 0 Å². The molecule has 3 rings (SSSR count). The van der Waals surface area contributed by atoms with Crippen molar-refractivity contribution in [3.63, 3.8) is 0 Å². The van der Waals surface area contributed by atoms with Crippen LogP contribution in [0.2, 0.25) is 0 Å². The van der Waals surface area contributed by atoms with Crippen LogP contribution in [0.1, 0.15) is 20.9 Å². The topological polar surface area (TPSA) is 83.4 Å². The Hall–Kier alpha value is -1.83. The first kappa shape index (κ1) is 16.5. The third-order valence-corrected chi connectivity index (χ3v) is 4.13. The molecule has 3 N–H and O–H groups in total. The highest BCUT2D eigenvalue weighted by Gasteiger charge is 2.20.